The van der Waals surface area contributed by atoms with Gasteiger partial charge in [0, 0.05) is 32.2 Å². The molecule has 0 atom stereocenters. The summed E-state index contributed by atoms with van der Waals surface area (Å²) in [4.78, 5) is 5.20. The van der Waals surface area contributed by atoms with Crippen LogP contribution in [0.1, 0.15) is 1.37 Å². The maximum absolute atomic E-state index is 8.09. The number of rotatable bonds is 4. The number of benzene rings is 5. The van der Waals surface area contributed by atoms with Crippen molar-refractivity contribution in [1.82, 2.24) is 9.55 Å². The molecule has 2 aromatic heterocycles. The van der Waals surface area contributed by atoms with E-state index in [0.717, 1.165) is 60.4 Å². The first-order valence-corrected chi connectivity index (χ1v) is 12.9. The van der Waals surface area contributed by atoms with Gasteiger partial charge in [0.15, 0.2) is 0 Å². The second kappa shape index (κ2) is 8.63. The van der Waals surface area contributed by atoms with Crippen molar-refractivity contribution in [1.29, 1.82) is 0 Å². The summed E-state index contributed by atoms with van der Waals surface area (Å²) in [5.41, 5.74) is 8.84. The first-order chi connectivity index (χ1) is 18.3. The zero-order valence-corrected chi connectivity index (χ0v) is 20.2. The van der Waals surface area contributed by atoms with E-state index in [0.29, 0.717) is 6.04 Å². The number of para-hydroxylation sites is 3. The second-order valence-corrected chi connectivity index (χ2v) is 9.68. The van der Waals surface area contributed by atoms with Crippen LogP contribution in [0.2, 0.25) is 0 Å². The van der Waals surface area contributed by atoms with Crippen molar-refractivity contribution in [3.05, 3.63) is 133 Å². The summed E-state index contributed by atoms with van der Waals surface area (Å²) >= 11 is 1.66. The number of aromatic nitrogens is 2. The normalized spacial score (nSPS) is 11.7. The van der Waals surface area contributed by atoms with Crippen molar-refractivity contribution in [2.75, 3.05) is 0 Å². The third kappa shape index (κ3) is 3.36. The Labute approximate surface area is 215 Å². The number of fused-ring (bicyclic) bond motifs is 2. The molecule has 0 fully saturated rings. The van der Waals surface area contributed by atoms with Crippen molar-refractivity contribution in [3.8, 4) is 39.3 Å². The minimum atomic E-state index is 0.523. The molecule has 170 valence electrons. The van der Waals surface area contributed by atoms with Crippen LogP contribution >= 0.6 is 11.3 Å². The molecule has 0 aliphatic heterocycles. The summed E-state index contributed by atoms with van der Waals surface area (Å²) in [5.74, 6) is 0.908. The van der Waals surface area contributed by atoms with Gasteiger partial charge in [0.05, 0.1) is 18.1 Å². The molecule has 2 heterocycles. The van der Waals surface area contributed by atoms with E-state index in [9.17, 15) is 0 Å². The maximum atomic E-state index is 8.09. The fourth-order valence-electron chi connectivity index (χ4n) is 5.01. The van der Waals surface area contributed by atoms with Gasteiger partial charge in [0.1, 0.15) is 5.82 Å². The second-order valence-electron chi connectivity index (χ2n) is 8.76. The average molecular weight is 480 g/mol. The highest BCUT2D eigenvalue weighted by Gasteiger charge is 2.22. The monoisotopic (exact) mass is 479 g/mol. The molecular formula is C33H22N2S. The average Bonchev–Trinajstić information content (AvgIpc) is 3.54. The fourth-order valence-corrected chi connectivity index (χ4v) is 5.93. The summed E-state index contributed by atoms with van der Waals surface area (Å²) in [7, 11) is 0. The van der Waals surface area contributed by atoms with Gasteiger partial charge in [-0.3, -0.25) is 4.57 Å². The van der Waals surface area contributed by atoms with Crippen LogP contribution in [0, 0.1) is 0 Å². The van der Waals surface area contributed by atoms with Crippen LogP contribution in [-0.4, -0.2) is 9.55 Å². The Hall–Kier alpha value is -4.47. The van der Waals surface area contributed by atoms with Gasteiger partial charge >= 0.3 is 0 Å². The van der Waals surface area contributed by atoms with Crippen molar-refractivity contribution in [2.24, 2.45) is 0 Å². The molecule has 2 nitrogen and oxygen atoms in total. The molecule has 0 amide bonds. The van der Waals surface area contributed by atoms with Crippen LogP contribution in [0.3, 0.4) is 0 Å². The molecule has 0 bridgehead atoms. The van der Waals surface area contributed by atoms with E-state index in [4.69, 9.17) is 6.35 Å². The van der Waals surface area contributed by atoms with E-state index in [1.54, 1.807) is 11.3 Å². The van der Waals surface area contributed by atoms with E-state index in [2.05, 4.69) is 107 Å². The Balaban J connectivity index is 1.62. The SMILES string of the molecule is [2H]c1ccc2c(-c3nc4ccccc4n3-c3c(-c4ccccc4)cccc3-c3ccccc3)csc2c1. The van der Waals surface area contributed by atoms with Crippen LogP contribution in [-0.2, 0) is 0 Å². The lowest BCUT2D eigenvalue weighted by atomic mass is 9.95. The standard InChI is InChI=1S/C33H22N2S/c1-3-12-23(13-4-1)25-17-11-18-26(24-14-5-2-6-15-24)32(25)35-30-20-9-8-19-29(30)34-33(35)28-22-36-31-21-10-7-16-27(28)31/h1-22H/i10D. The molecule has 0 spiro atoms. The molecule has 0 radical (unpaired) electrons. The van der Waals surface area contributed by atoms with Crippen molar-refractivity contribution < 1.29 is 1.37 Å². The largest absolute Gasteiger partial charge is 0.291 e. The van der Waals surface area contributed by atoms with Gasteiger partial charge in [0.25, 0.3) is 0 Å². The molecular weight excluding hydrogens is 456 g/mol. The third-order valence-corrected chi connectivity index (χ3v) is 7.60. The molecule has 36 heavy (non-hydrogen) atoms. The predicted octanol–water partition coefficient (Wildman–Crippen LogP) is 9.24. The molecule has 0 saturated carbocycles. The van der Waals surface area contributed by atoms with Crippen molar-refractivity contribution >= 4 is 32.5 Å². The van der Waals surface area contributed by atoms with Gasteiger partial charge in [-0.2, -0.15) is 0 Å². The van der Waals surface area contributed by atoms with Gasteiger partial charge in [-0.25, -0.2) is 4.98 Å². The highest BCUT2D eigenvalue weighted by atomic mass is 32.1. The fraction of sp³-hybridized carbons (Fsp3) is 0. The molecule has 5 aromatic carbocycles. The van der Waals surface area contributed by atoms with Crippen LogP contribution < -0.4 is 0 Å². The zero-order valence-electron chi connectivity index (χ0n) is 20.4. The van der Waals surface area contributed by atoms with E-state index >= 15 is 0 Å². The molecule has 7 aromatic rings. The smallest absolute Gasteiger partial charge is 0.147 e. The van der Waals surface area contributed by atoms with Crippen LogP contribution in [0.5, 0.6) is 0 Å². The minimum Gasteiger partial charge on any atom is -0.291 e. The number of hydrogen-bond donors (Lipinski definition) is 0. The highest BCUT2D eigenvalue weighted by molar-refractivity contribution is 7.17. The van der Waals surface area contributed by atoms with Gasteiger partial charge in [-0.15, -0.1) is 11.3 Å². The Morgan fingerprint density at radius 2 is 1.28 bits per heavy atom. The van der Waals surface area contributed by atoms with Crippen LogP contribution in [0.4, 0.5) is 0 Å². The molecule has 0 saturated heterocycles. The molecule has 0 unspecified atom stereocenters. The topological polar surface area (TPSA) is 17.8 Å². The van der Waals surface area contributed by atoms with Gasteiger partial charge < -0.3 is 0 Å². The van der Waals surface area contributed by atoms with Crippen molar-refractivity contribution in [3.63, 3.8) is 0 Å². The third-order valence-electron chi connectivity index (χ3n) is 6.65. The number of imidazole rings is 1. The first-order valence-electron chi connectivity index (χ1n) is 12.5. The lowest BCUT2D eigenvalue weighted by Crippen LogP contribution is -2.03. The van der Waals surface area contributed by atoms with Gasteiger partial charge in [-0.1, -0.05) is 109 Å². The van der Waals surface area contributed by atoms with Gasteiger partial charge in [-0.05, 0) is 29.3 Å². The summed E-state index contributed by atoms with van der Waals surface area (Å²) in [6, 6.07) is 42.4. The maximum Gasteiger partial charge on any atom is 0.147 e. The van der Waals surface area contributed by atoms with Crippen LogP contribution in [0.15, 0.2) is 133 Å². The zero-order chi connectivity index (χ0) is 24.8. The van der Waals surface area contributed by atoms with E-state index in [-0.39, 0.29) is 0 Å². The quantitative estimate of drug-likeness (QED) is 0.246. The summed E-state index contributed by atoms with van der Waals surface area (Å²) in [6.07, 6.45) is 0. The molecule has 7 rings (SSSR count). The lowest BCUT2D eigenvalue weighted by Gasteiger charge is -2.19. The minimum absolute atomic E-state index is 0.523. The summed E-state index contributed by atoms with van der Waals surface area (Å²) < 4.78 is 11.5. The highest BCUT2D eigenvalue weighted by Crippen LogP contribution is 2.42. The number of thiophene rings is 1. The number of hydrogen-bond acceptors (Lipinski definition) is 2. The molecule has 0 aliphatic rings. The molecule has 0 N–H and O–H groups in total. The summed E-state index contributed by atoms with van der Waals surface area (Å²) in [6.45, 7) is 0. The van der Waals surface area contributed by atoms with Gasteiger partial charge in [0.2, 0.25) is 0 Å². The molecule has 0 aliphatic carbocycles. The number of nitrogens with zero attached hydrogens (tertiary/aromatic N) is 2. The Morgan fingerprint density at radius 3 is 2.00 bits per heavy atom. The van der Waals surface area contributed by atoms with E-state index in [1.807, 2.05) is 24.3 Å². The van der Waals surface area contributed by atoms with Crippen LogP contribution in [0.25, 0.3) is 60.4 Å². The molecule has 3 heteroatoms. The van der Waals surface area contributed by atoms with E-state index < -0.39 is 0 Å². The Bertz CT molecular complexity index is 1830. The Morgan fingerprint density at radius 1 is 0.611 bits per heavy atom. The first kappa shape index (κ1) is 19.8. The van der Waals surface area contributed by atoms with E-state index in [1.165, 1.54) is 0 Å². The van der Waals surface area contributed by atoms with Crippen molar-refractivity contribution in [2.45, 2.75) is 0 Å². The predicted molar refractivity (Wildman–Crippen MR) is 153 cm³/mol. The summed E-state index contributed by atoms with van der Waals surface area (Å²) in [5, 5.41) is 3.30. The lowest BCUT2D eigenvalue weighted by molar-refractivity contribution is 1.11. The Kier molecular flexibility index (Phi) is 4.75.